The average Bonchev–Trinajstić information content (AvgIpc) is 2.64. The molecule has 0 spiro atoms. The van der Waals surface area contributed by atoms with Gasteiger partial charge >= 0.3 is 0 Å². The molecule has 0 saturated heterocycles. The van der Waals surface area contributed by atoms with Gasteiger partial charge in [0.25, 0.3) is 5.91 Å². The third-order valence-electron chi connectivity index (χ3n) is 1.56. The lowest BCUT2D eigenvalue weighted by molar-refractivity contribution is -0.115. The minimum atomic E-state index is -0.362. The Morgan fingerprint density at radius 3 is 3.23 bits per heavy atom. The summed E-state index contributed by atoms with van der Waals surface area (Å²) in [6, 6.07) is 0. The van der Waals surface area contributed by atoms with Crippen LogP contribution < -0.4 is 5.32 Å². The molecule has 0 bridgehead atoms. The van der Waals surface area contributed by atoms with Crippen molar-refractivity contribution >= 4 is 5.91 Å². The second kappa shape index (κ2) is 4.99. The Morgan fingerprint density at radius 2 is 2.62 bits per heavy atom. The van der Waals surface area contributed by atoms with E-state index in [1.165, 1.54) is 0 Å². The van der Waals surface area contributed by atoms with Crippen LogP contribution in [0.15, 0.2) is 12.4 Å². The number of terminal acetylenes is 1. The van der Waals surface area contributed by atoms with Crippen molar-refractivity contribution in [3.05, 3.63) is 18.2 Å². The number of rotatable bonds is 4. The van der Waals surface area contributed by atoms with E-state index in [4.69, 9.17) is 6.42 Å². The standard InChI is InChI=1S/C9H11N3O/c1-2-9(13)12-5-3-4-8-10-6-7-11-8/h1,6-7H,3-5H2,(H,10,11)(H,12,13). The van der Waals surface area contributed by atoms with E-state index in [1.807, 2.05) is 5.92 Å². The summed E-state index contributed by atoms with van der Waals surface area (Å²) in [7, 11) is 0. The molecule has 0 aliphatic heterocycles. The van der Waals surface area contributed by atoms with Crippen LogP contribution in [0.2, 0.25) is 0 Å². The smallest absolute Gasteiger partial charge is 0.295 e. The number of H-pyrrole nitrogens is 1. The van der Waals surface area contributed by atoms with Crippen molar-refractivity contribution in [2.75, 3.05) is 6.54 Å². The molecule has 0 unspecified atom stereocenters. The fourth-order valence-electron chi connectivity index (χ4n) is 0.943. The molecule has 2 N–H and O–H groups in total. The SMILES string of the molecule is C#CC(=O)NCCCc1ncc[nH]1. The van der Waals surface area contributed by atoms with E-state index < -0.39 is 0 Å². The van der Waals surface area contributed by atoms with Crippen molar-refractivity contribution in [1.82, 2.24) is 15.3 Å². The molecule has 1 heterocycles. The Balaban J connectivity index is 2.09. The Labute approximate surface area is 76.8 Å². The van der Waals surface area contributed by atoms with Gasteiger partial charge in [-0.25, -0.2) is 4.98 Å². The maximum atomic E-state index is 10.6. The van der Waals surface area contributed by atoms with Gasteiger partial charge in [-0.15, -0.1) is 6.42 Å². The van der Waals surface area contributed by atoms with Crippen molar-refractivity contribution in [1.29, 1.82) is 0 Å². The van der Waals surface area contributed by atoms with E-state index in [0.29, 0.717) is 6.54 Å². The maximum Gasteiger partial charge on any atom is 0.295 e. The molecule has 4 heteroatoms. The zero-order chi connectivity index (χ0) is 9.52. The highest BCUT2D eigenvalue weighted by molar-refractivity contribution is 5.92. The van der Waals surface area contributed by atoms with Crippen LogP contribution in [0.4, 0.5) is 0 Å². The summed E-state index contributed by atoms with van der Waals surface area (Å²) in [5.74, 6) is 2.55. The first-order valence-corrected chi connectivity index (χ1v) is 4.05. The summed E-state index contributed by atoms with van der Waals surface area (Å²) in [5, 5.41) is 2.58. The second-order valence-corrected chi connectivity index (χ2v) is 2.54. The molecule has 4 nitrogen and oxygen atoms in total. The highest BCUT2D eigenvalue weighted by atomic mass is 16.1. The first kappa shape index (κ1) is 9.33. The highest BCUT2D eigenvalue weighted by Crippen LogP contribution is 1.92. The molecule has 1 amide bonds. The molecule has 1 aromatic heterocycles. The van der Waals surface area contributed by atoms with Crippen LogP contribution in [0.1, 0.15) is 12.2 Å². The topological polar surface area (TPSA) is 57.8 Å². The molecule has 0 aromatic carbocycles. The molecular formula is C9H11N3O. The zero-order valence-electron chi connectivity index (χ0n) is 7.21. The van der Waals surface area contributed by atoms with Crippen LogP contribution >= 0.6 is 0 Å². The van der Waals surface area contributed by atoms with E-state index in [9.17, 15) is 4.79 Å². The van der Waals surface area contributed by atoms with Crippen LogP contribution in [0, 0.1) is 12.3 Å². The molecule has 0 aliphatic rings. The minimum Gasteiger partial charge on any atom is -0.349 e. The van der Waals surface area contributed by atoms with Gasteiger partial charge < -0.3 is 10.3 Å². The lowest BCUT2D eigenvalue weighted by atomic mass is 10.3. The Morgan fingerprint density at radius 1 is 1.77 bits per heavy atom. The van der Waals surface area contributed by atoms with Gasteiger partial charge in [-0.3, -0.25) is 4.79 Å². The summed E-state index contributed by atoms with van der Waals surface area (Å²) >= 11 is 0. The molecule has 1 rings (SSSR count). The molecular weight excluding hydrogens is 166 g/mol. The van der Waals surface area contributed by atoms with E-state index in [1.54, 1.807) is 12.4 Å². The number of nitrogens with zero attached hydrogens (tertiary/aromatic N) is 1. The predicted molar refractivity (Wildman–Crippen MR) is 48.8 cm³/mol. The first-order valence-electron chi connectivity index (χ1n) is 4.05. The summed E-state index contributed by atoms with van der Waals surface area (Å²) in [5.41, 5.74) is 0. The molecule has 68 valence electrons. The largest absolute Gasteiger partial charge is 0.349 e. The van der Waals surface area contributed by atoms with E-state index in [0.717, 1.165) is 18.7 Å². The predicted octanol–water partition coefficient (Wildman–Crippen LogP) is 0.0917. The van der Waals surface area contributed by atoms with Gasteiger partial charge in [-0.1, -0.05) is 0 Å². The van der Waals surface area contributed by atoms with Gasteiger partial charge in [-0.2, -0.15) is 0 Å². The number of hydrogen-bond acceptors (Lipinski definition) is 2. The van der Waals surface area contributed by atoms with Crippen molar-refractivity contribution in [3.8, 4) is 12.3 Å². The fourth-order valence-corrected chi connectivity index (χ4v) is 0.943. The number of hydrogen-bond donors (Lipinski definition) is 2. The lowest BCUT2D eigenvalue weighted by Gasteiger charge is -1.98. The Bertz CT molecular complexity index is 297. The van der Waals surface area contributed by atoms with Gasteiger partial charge in [0.2, 0.25) is 0 Å². The molecule has 0 aliphatic carbocycles. The van der Waals surface area contributed by atoms with E-state index >= 15 is 0 Å². The van der Waals surface area contributed by atoms with Crippen LogP contribution in [-0.2, 0) is 11.2 Å². The molecule has 0 saturated carbocycles. The Kier molecular flexibility index (Phi) is 3.58. The van der Waals surface area contributed by atoms with Crippen LogP contribution in [0.25, 0.3) is 0 Å². The van der Waals surface area contributed by atoms with Crippen molar-refractivity contribution in [2.45, 2.75) is 12.8 Å². The number of carbonyl (C=O) groups excluding carboxylic acids is 1. The monoisotopic (exact) mass is 177 g/mol. The highest BCUT2D eigenvalue weighted by Gasteiger charge is 1.96. The first-order chi connectivity index (χ1) is 6.33. The fraction of sp³-hybridized carbons (Fsp3) is 0.333. The van der Waals surface area contributed by atoms with Gasteiger partial charge in [0.15, 0.2) is 0 Å². The van der Waals surface area contributed by atoms with Crippen LogP contribution in [0.5, 0.6) is 0 Å². The van der Waals surface area contributed by atoms with Crippen LogP contribution in [-0.4, -0.2) is 22.4 Å². The molecule has 13 heavy (non-hydrogen) atoms. The molecule has 0 fully saturated rings. The van der Waals surface area contributed by atoms with Gasteiger partial charge in [0.1, 0.15) is 5.82 Å². The third kappa shape index (κ3) is 3.43. The van der Waals surface area contributed by atoms with Gasteiger partial charge in [-0.05, 0) is 12.3 Å². The number of imidazole rings is 1. The van der Waals surface area contributed by atoms with Crippen molar-refractivity contribution in [2.24, 2.45) is 0 Å². The lowest BCUT2D eigenvalue weighted by Crippen LogP contribution is -2.22. The summed E-state index contributed by atoms with van der Waals surface area (Å²) in [6.45, 7) is 0.587. The number of carbonyl (C=O) groups is 1. The normalized spacial score (nSPS) is 9.15. The van der Waals surface area contributed by atoms with E-state index in [2.05, 4.69) is 15.3 Å². The average molecular weight is 177 g/mol. The van der Waals surface area contributed by atoms with Crippen LogP contribution in [0.3, 0.4) is 0 Å². The maximum absolute atomic E-state index is 10.6. The zero-order valence-corrected chi connectivity index (χ0v) is 7.21. The molecule has 1 aromatic rings. The minimum absolute atomic E-state index is 0.362. The quantitative estimate of drug-likeness (QED) is 0.506. The van der Waals surface area contributed by atoms with Gasteiger partial charge in [0.05, 0.1) is 0 Å². The number of aryl methyl sites for hydroxylation is 1. The number of amides is 1. The summed E-state index contributed by atoms with van der Waals surface area (Å²) in [4.78, 5) is 17.6. The molecule has 0 atom stereocenters. The third-order valence-corrected chi connectivity index (χ3v) is 1.56. The van der Waals surface area contributed by atoms with E-state index in [-0.39, 0.29) is 5.91 Å². The number of nitrogens with one attached hydrogen (secondary N) is 2. The number of aromatic amines is 1. The summed E-state index contributed by atoms with van der Waals surface area (Å²) < 4.78 is 0. The van der Waals surface area contributed by atoms with Crippen molar-refractivity contribution in [3.63, 3.8) is 0 Å². The molecule has 0 radical (unpaired) electrons. The van der Waals surface area contributed by atoms with Crippen molar-refractivity contribution < 1.29 is 4.79 Å². The number of aromatic nitrogens is 2. The second-order valence-electron chi connectivity index (χ2n) is 2.54. The van der Waals surface area contributed by atoms with Gasteiger partial charge in [0, 0.05) is 25.4 Å². The summed E-state index contributed by atoms with van der Waals surface area (Å²) in [6.07, 6.45) is 10.00. The Hall–Kier alpha value is -1.76.